The van der Waals surface area contributed by atoms with Gasteiger partial charge in [-0.15, -0.1) is 0 Å². The predicted octanol–water partition coefficient (Wildman–Crippen LogP) is 2.00. The van der Waals surface area contributed by atoms with Crippen LogP contribution in [-0.2, 0) is 9.53 Å². The molecule has 0 saturated carbocycles. The molecule has 1 atom stereocenters. The van der Waals surface area contributed by atoms with Gasteiger partial charge in [0.25, 0.3) is 0 Å². The number of esters is 1. The maximum Gasteiger partial charge on any atom is 0.347 e. The van der Waals surface area contributed by atoms with Crippen molar-refractivity contribution in [2.75, 3.05) is 6.61 Å². The molecule has 0 aromatic heterocycles. The van der Waals surface area contributed by atoms with Crippen LogP contribution in [0.1, 0.15) is 17.5 Å². The number of hydrogen-bond acceptors (Lipinski definition) is 3. The third kappa shape index (κ3) is 2.12. The second kappa shape index (κ2) is 3.93. The molecular formula is C12H14O3. The van der Waals surface area contributed by atoms with E-state index in [9.17, 15) is 4.79 Å². The van der Waals surface area contributed by atoms with Crippen molar-refractivity contribution in [3.8, 4) is 5.75 Å². The topological polar surface area (TPSA) is 35.5 Å². The Kier molecular flexibility index (Phi) is 2.62. The minimum atomic E-state index is -0.425. The number of carbonyl (C=O) groups is 1. The van der Waals surface area contributed by atoms with Gasteiger partial charge in [0, 0.05) is 6.42 Å². The highest BCUT2D eigenvalue weighted by molar-refractivity contribution is 5.76. The maximum atomic E-state index is 11.2. The Morgan fingerprint density at radius 3 is 2.80 bits per heavy atom. The summed E-state index contributed by atoms with van der Waals surface area (Å²) in [5.41, 5.74) is 2.24. The highest BCUT2D eigenvalue weighted by atomic mass is 16.6. The molecule has 0 radical (unpaired) electrons. The Morgan fingerprint density at radius 2 is 2.20 bits per heavy atom. The quantitative estimate of drug-likeness (QED) is 0.694. The second-order valence-electron chi connectivity index (χ2n) is 3.83. The average Bonchev–Trinajstić information content (AvgIpc) is 2.57. The monoisotopic (exact) mass is 206 g/mol. The van der Waals surface area contributed by atoms with E-state index in [1.54, 1.807) is 0 Å². The third-order valence-corrected chi connectivity index (χ3v) is 2.49. The molecule has 0 unspecified atom stereocenters. The number of aryl methyl sites for hydroxylation is 2. The summed E-state index contributed by atoms with van der Waals surface area (Å²) in [4.78, 5) is 11.2. The first-order chi connectivity index (χ1) is 7.16. The van der Waals surface area contributed by atoms with Crippen LogP contribution in [0.3, 0.4) is 0 Å². The Labute approximate surface area is 89.0 Å². The van der Waals surface area contributed by atoms with E-state index in [2.05, 4.69) is 0 Å². The van der Waals surface area contributed by atoms with Gasteiger partial charge in [0.2, 0.25) is 0 Å². The first-order valence-corrected chi connectivity index (χ1v) is 5.07. The first-order valence-electron chi connectivity index (χ1n) is 5.07. The fourth-order valence-corrected chi connectivity index (χ4v) is 1.67. The molecule has 1 saturated heterocycles. The Morgan fingerprint density at radius 1 is 1.40 bits per heavy atom. The lowest BCUT2D eigenvalue weighted by Gasteiger charge is -2.12. The largest absolute Gasteiger partial charge is 0.478 e. The summed E-state index contributed by atoms with van der Waals surface area (Å²) in [6.07, 6.45) is 0.220. The van der Waals surface area contributed by atoms with Crippen LogP contribution >= 0.6 is 0 Å². The van der Waals surface area contributed by atoms with Crippen molar-refractivity contribution in [2.24, 2.45) is 0 Å². The second-order valence-corrected chi connectivity index (χ2v) is 3.83. The van der Waals surface area contributed by atoms with Gasteiger partial charge >= 0.3 is 5.97 Å². The van der Waals surface area contributed by atoms with E-state index in [1.165, 1.54) is 5.56 Å². The van der Waals surface area contributed by atoms with Crippen molar-refractivity contribution in [2.45, 2.75) is 26.4 Å². The molecule has 1 heterocycles. The van der Waals surface area contributed by atoms with Gasteiger partial charge in [0.1, 0.15) is 5.75 Å². The standard InChI is InChI=1S/C12H14O3/c1-8-3-4-10(9(2)7-8)15-11-5-6-14-12(11)13/h3-4,7,11H,5-6H2,1-2H3/t11-/m0/s1. The summed E-state index contributed by atoms with van der Waals surface area (Å²) in [5.74, 6) is 0.513. The molecule has 0 bridgehead atoms. The van der Waals surface area contributed by atoms with E-state index in [1.807, 2.05) is 32.0 Å². The first kappa shape index (κ1) is 10.0. The van der Waals surface area contributed by atoms with E-state index in [-0.39, 0.29) is 5.97 Å². The van der Waals surface area contributed by atoms with Crippen LogP contribution in [0.4, 0.5) is 0 Å². The van der Waals surface area contributed by atoms with Crippen molar-refractivity contribution in [3.05, 3.63) is 29.3 Å². The van der Waals surface area contributed by atoms with Crippen LogP contribution < -0.4 is 4.74 Å². The number of benzene rings is 1. The van der Waals surface area contributed by atoms with Gasteiger partial charge in [-0.1, -0.05) is 17.7 Å². The molecule has 0 spiro atoms. The zero-order chi connectivity index (χ0) is 10.8. The van der Waals surface area contributed by atoms with Crippen molar-refractivity contribution < 1.29 is 14.3 Å². The normalized spacial score (nSPS) is 20.1. The number of hydrogen-bond donors (Lipinski definition) is 0. The van der Waals surface area contributed by atoms with E-state index in [0.717, 1.165) is 11.3 Å². The molecular weight excluding hydrogens is 192 g/mol. The highest BCUT2D eigenvalue weighted by Gasteiger charge is 2.28. The molecule has 1 aromatic carbocycles. The molecule has 1 aliphatic rings. The lowest BCUT2D eigenvalue weighted by atomic mass is 10.1. The van der Waals surface area contributed by atoms with Gasteiger partial charge < -0.3 is 9.47 Å². The molecule has 2 rings (SSSR count). The molecule has 1 aromatic rings. The number of carbonyl (C=O) groups excluding carboxylic acids is 1. The number of cyclic esters (lactones) is 1. The van der Waals surface area contributed by atoms with Crippen molar-refractivity contribution in [1.29, 1.82) is 0 Å². The summed E-state index contributed by atoms with van der Waals surface area (Å²) in [7, 11) is 0. The molecule has 1 fully saturated rings. The number of ether oxygens (including phenoxy) is 2. The SMILES string of the molecule is Cc1ccc(O[C@H]2CCOC2=O)c(C)c1. The highest BCUT2D eigenvalue weighted by Crippen LogP contribution is 2.22. The van der Waals surface area contributed by atoms with Crippen LogP contribution in [0.2, 0.25) is 0 Å². The molecule has 80 valence electrons. The van der Waals surface area contributed by atoms with Crippen molar-refractivity contribution in [3.63, 3.8) is 0 Å². The molecule has 0 amide bonds. The average molecular weight is 206 g/mol. The van der Waals surface area contributed by atoms with Gasteiger partial charge in [-0.3, -0.25) is 0 Å². The van der Waals surface area contributed by atoms with E-state index in [0.29, 0.717) is 13.0 Å². The smallest absolute Gasteiger partial charge is 0.347 e. The van der Waals surface area contributed by atoms with Gasteiger partial charge in [0.15, 0.2) is 6.10 Å². The zero-order valence-electron chi connectivity index (χ0n) is 8.95. The van der Waals surface area contributed by atoms with E-state index >= 15 is 0 Å². The maximum absolute atomic E-state index is 11.2. The summed E-state index contributed by atoms with van der Waals surface area (Å²) in [6.45, 7) is 4.47. The van der Waals surface area contributed by atoms with Gasteiger partial charge in [0.05, 0.1) is 6.61 Å². The minimum absolute atomic E-state index is 0.255. The molecule has 15 heavy (non-hydrogen) atoms. The zero-order valence-corrected chi connectivity index (χ0v) is 8.95. The van der Waals surface area contributed by atoms with Crippen molar-refractivity contribution in [1.82, 2.24) is 0 Å². The van der Waals surface area contributed by atoms with E-state index < -0.39 is 6.10 Å². The minimum Gasteiger partial charge on any atom is -0.478 e. The lowest BCUT2D eigenvalue weighted by Crippen LogP contribution is -2.22. The van der Waals surface area contributed by atoms with Crippen LogP contribution in [0.25, 0.3) is 0 Å². The van der Waals surface area contributed by atoms with Crippen LogP contribution in [0.5, 0.6) is 5.75 Å². The van der Waals surface area contributed by atoms with Crippen LogP contribution in [0.15, 0.2) is 18.2 Å². The fourth-order valence-electron chi connectivity index (χ4n) is 1.67. The fraction of sp³-hybridized carbons (Fsp3) is 0.417. The molecule has 3 nitrogen and oxygen atoms in total. The Balaban J connectivity index is 2.13. The molecule has 0 N–H and O–H groups in total. The van der Waals surface area contributed by atoms with Crippen LogP contribution in [0, 0.1) is 13.8 Å². The summed E-state index contributed by atoms with van der Waals surface area (Å²) in [5, 5.41) is 0. The summed E-state index contributed by atoms with van der Waals surface area (Å²) >= 11 is 0. The van der Waals surface area contributed by atoms with E-state index in [4.69, 9.17) is 9.47 Å². The molecule has 3 heteroatoms. The molecule has 0 aliphatic carbocycles. The van der Waals surface area contributed by atoms with Gasteiger partial charge in [-0.05, 0) is 25.5 Å². The Bertz CT molecular complexity index is 384. The lowest BCUT2D eigenvalue weighted by molar-refractivity contribution is -0.143. The predicted molar refractivity (Wildman–Crippen MR) is 55.9 cm³/mol. The summed E-state index contributed by atoms with van der Waals surface area (Å²) in [6, 6.07) is 5.91. The molecule has 1 aliphatic heterocycles. The third-order valence-electron chi connectivity index (χ3n) is 2.49. The van der Waals surface area contributed by atoms with Crippen molar-refractivity contribution >= 4 is 5.97 Å². The van der Waals surface area contributed by atoms with Gasteiger partial charge in [-0.2, -0.15) is 0 Å². The van der Waals surface area contributed by atoms with Crippen LogP contribution in [-0.4, -0.2) is 18.7 Å². The van der Waals surface area contributed by atoms with Gasteiger partial charge in [-0.25, -0.2) is 4.79 Å². The summed E-state index contributed by atoms with van der Waals surface area (Å²) < 4.78 is 10.4. The number of rotatable bonds is 2. The Hall–Kier alpha value is -1.51.